The SMILES string of the molecule is C[C@H](Oc1ccc(F)cc1)C(=O)O[C@H](C)C(=O)Nc1sccc1C(N)=O. The van der Waals surface area contributed by atoms with Gasteiger partial charge in [-0.1, -0.05) is 0 Å². The highest BCUT2D eigenvalue weighted by atomic mass is 32.1. The van der Waals surface area contributed by atoms with E-state index in [4.69, 9.17) is 15.2 Å². The molecular weight excluding hydrogens is 363 g/mol. The Morgan fingerprint density at radius 1 is 1.12 bits per heavy atom. The summed E-state index contributed by atoms with van der Waals surface area (Å²) < 4.78 is 23.3. The molecule has 0 fully saturated rings. The third-order valence-corrected chi connectivity index (χ3v) is 4.12. The van der Waals surface area contributed by atoms with E-state index >= 15 is 0 Å². The first-order valence-electron chi connectivity index (χ1n) is 7.58. The molecule has 1 heterocycles. The zero-order valence-corrected chi connectivity index (χ0v) is 14.8. The number of rotatable bonds is 7. The average Bonchev–Trinajstić information content (AvgIpc) is 3.05. The molecule has 138 valence electrons. The molecule has 0 radical (unpaired) electrons. The van der Waals surface area contributed by atoms with Gasteiger partial charge in [-0.2, -0.15) is 0 Å². The summed E-state index contributed by atoms with van der Waals surface area (Å²) in [4.78, 5) is 35.4. The largest absolute Gasteiger partial charge is 0.479 e. The molecular formula is C17H17FN2O5S. The molecule has 2 atom stereocenters. The first kappa shape index (κ1) is 19.4. The number of ether oxygens (including phenoxy) is 2. The van der Waals surface area contributed by atoms with E-state index in [1.807, 2.05) is 0 Å². The molecule has 9 heteroatoms. The first-order chi connectivity index (χ1) is 12.3. The molecule has 2 rings (SSSR count). The van der Waals surface area contributed by atoms with Crippen LogP contribution in [0.4, 0.5) is 9.39 Å². The van der Waals surface area contributed by atoms with Crippen LogP contribution in [-0.4, -0.2) is 30.0 Å². The average molecular weight is 380 g/mol. The maximum atomic E-state index is 12.9. The van der Waals surface area contributed by atoms with Crippen LogP contribution in [0.3, 0.4) is 0 Å². The monoisotopic (exact) mass is 380 g/mol. The van der Waals surface area contributed by atoms with Gasteiger partial charge < -0.3 is 20.5 Å². The Labute approximate surface area is 152 Å². The molecule has 0 saturated heterocycles. The predicted octanol–water partition coefficient (Wildman–Crippen LogP) is 2.32. The highest BCUT2D eigenvalue weighted by Gasteiger charge is 2.24. The lowest BCUT2D eigenvalue weighted by atomic mass is 10.3. The molecule has 2 aromatic rings. The van der Waals surface area contributed by atoms with Crippen LogP contribution in [0.25, 0.3) is 0 Å². The number of esters is 1. The molecule has 1 aromatic carbocycles. The van der Waals surface area contributed by atoms with Gasteiger partial charge in [-0.15, -0.1) is 11.3 Å². The number of carbonyl (C=O) groups is 3. The number of thiophene rings is 1. The zero-order chi connectivity index (χ0) is 19.3. The van der Waals surface area contributed by atoms with Crippen molar-refractivity contribution in [1.29, 1.82) is 0 Å². The van der Waals surface area contributed by atoms with Crippen LogP contribution < -0.4 is 15.8 Å². The lowest BCUT2D eigenvalue weighted by molar-refractivity contribution is -0.159. The number of halogens is 1. The normalized spacial score (nSPS) is 12.7. The minimum Gasteiger partial charge on any atom is -0.479 e. The van der Waals surface area contributed by atoms with Gasteiger partial charge in [0.05, 0.1) is 5.56 Å². The second-order valence-corrected chi connectivity index (χ2v) is 6.23. The molecule has 1 aromatic heterocycles. The summed E-state index contributed by atoms with van der Waals surface area (Å²) in [6, 6.07) is 6.62. The van der Waals surface area contributed by atoms with E-state index in [0.717, 1.165) is 11.3 Å². The zero-order valence-electron chi connectivity index (χ0n) is 14.0. The fraction of sp³-hybridized carbons (Fsp3) is 0.235. The quantitative estimate of drug-likeness (QED) is 0.717. The number of amides is 2. The van der Waals surface area contributed by atoms with Gasteiger partial charge >= 0.3 is 5.97 Å². The van der Waals surface area contributed by atoms with Gasteiger partial charge in [-0.05, 0) is 49.6 Å². The number of hydrogen-bond donors (Lipinski definition) is 2. The maximum Gasteiger partial charge on any atom is 0.347 e. The number of hydrogen-bond acceptors (Lipinski definition) is 6. The van der Waals surface area contributed by atoms with Crippen molar-refractivity contribution >= 4 is 34.1 Å². The Balaban J connectivity index is 1.90. The third-order valence-electron chi connectivity index (χ3n) is 3.29. The van der Waals surface area contributed by atoms with Gasteiger partial charge in [0.25, 0.3) is 11.8 Å². The van der Waals surface area contributed by atoms with E-state index < -0.39 is 35.8 Å². The van der Waals surface area contributed by atoms with Gasteiger partial charge in [0.15, 0.2) is 12.2 Å². The van der Waals surface area contributed by atoms with Crippen LogP contribution in [-0.2, 0) is 14.3 Å². The van der Waals surface area contributed by atoms with Crippen molar-refractivity contribution in [2.75, 3.05) is 5.32 Å². The summed E-state index contributed by atoms with van der Waals surface area (Å²) in [5.74, 6) is -2.19. The summed E-state index contributed by atoms with van der Waals surface area (Å²) >= 11 is 1.12. The number of benzene rings is 1. The van der Waals surface area contributed by atoms with Crippen LogP contribution in [0.1, 0.15) is 24.2 Å². The molecule has 7 nitrogen and oxygen atoms in total. The molecule has 0 saturated carbocycles. The lowest BCUT2D eigenvalue weighted by Crippen LogP contribution is -2.35. The lowest BCUT2D eigenvalue weighted by Gasteiger charge is -2.17. The van der Waals surface area contributed by atoms with Gasteiger partial charge in [0.1, 0.15) is 16.6 Å². The molecule has 0 spiro atoms. The minimum absolute atomic E-state index is 0.176. The van der Waals surface area contributed by atoms with Crippen molar-refractivity contribution < 1.29 is 28.2 Å². The van der Waals surface area contributed by atoms with Crippen molar-refractivity contribution in [3.8, 4) is 5.75 Å². The standard InChI is InChI=1S/C17H17FN2O5S/c1-9(15(22)20-16-13(14(19)21)7-8-26-16)25-17(23)10(2)24-12-5-3-11(18)4-6-12/h3-10H,1-2H3,(H2,19,21)(H,20,22)/t9-,10+/m1/s1. The molecule has 0 aliphatic rings. The number of nitrogens with one attached hydrogen (secondary N) is 1. The van der Waals surface area contributed by atoms with Crippen LogP contribution in [0, 0.1) is 5.82 Å². The van der Waals surface area contributed by atoms with E-state index in [2.05, 4.69) is 5.32 Å². The van der Waals surface area contributed by atoms with Gasteiger partial charge in [0.2, 0.25) is 0 Å². The number of primary amides is 1. The highest BCUT2D eigenvalue weighted by molar-refractivity contribution is 7.14. The summed E-state index contributed by atoms with van der Waals surface area (Å²) in [5, 5.41) is 4.37. The fourth-order valence-electron chi connectivity index (χ4n) is 1.90. The van der Waals surface area contributed by atoms with Crippen LogP contribution in [0.2, 0.25) is 0 Å². The number of anilines is 1. The maximum absolute atomic E-state index is 12.9. The van der Waals surface area contributed by atoms with Crippen LogP contribution in [0.15, 0.2) is 35.7 Å². The smallest absolute Gasteiger partial charge is 0.347 e. The van der Waals surface area contributed by atoms with Gasteiger partial charge in [-0.3, -0.25) is 9.59 Å². The van der Waals surface area contributed by atoms with Crippen molar-refractivity contribution in [3.63, 3.8) is 0 Å². The topological polar surface area (TPSA) is 108 Å². The molecule has 0 unspecified atom stereocenters. The Kier molecular flexibility index (Phi) is 6.29. The van der Waals surface area contributed by atoms with E-state index in [9.17, 15) is 18.8 Å². The minimum atomic E-state index is -1.12. The number of nitrogens with two attached hydrogens (primary N) is 1. The Morgan fingerprint density at radius 3 is 2.38 bits per heavy atom. The van der Waals surface area contributed by atoms with Crippen LogP contribution in [0.5, 0.6) is 5.75 Å². The number of carbonyl (C=O) groups excluding carboxylic acids is 3. The van der Waals surface area contributed by atoms with E-state index in [1.54, 1.807) is 5.38 Å². The summed E-state index contributed by atoms with van der Waals surface area (Å²) in [5.41, 5.74) is 5.38. The fourth-order valence-corrected chi connectivity index (χ4v) is 2.70. The molecule has 3 N–H and O–H groups in total. The van der Waals surface area contributed by atoms with E-state index in [0.29, 0.717) is 0 Å². The van der Waals surface area contributed by atoms with Crippen molar-refractivity contribution in [2.45, 2.75) is 26.1 Å². The first-order valence-corrected chi connectivity index (χ1v) is 8.46. The molecule has 0 bridgehead atoms. The predicted molar refractivity (Wildman–Crippen MR) is 93.5 cm³/mol. The summed E-state index contributed by atoms with van der Waals surface area (Å²) in [7, 11) is 0. The molecule has 0 aliphatic carbocycles. The van der Waals surface area contributed by atoms with Crippen molar-refractivity contribution in [2.24, 2.45) is 5.73 Å². The summed E-state index contributed by atoms with van der Waals surface area (Å²) in [6.07, 6.45) is -2.12. The van der Waals surface area contributed by atoms with Crippen molar-refractivity contribution in [1.82, 2.24) is 0 Å². The third kappa shape index (κ3) is 5.03. The second kappa shape index (κ2) is 8.43. The van der Waals surface area contributed by atoms with E-state index in [1.165, 1.54) is 44.2 Å². The Hall–Kier alpha value is -2.94. The highest BCUT2D eigenvalue weighted by Crippen LogP contribution is 2.23. The molecule has 2 amide bonds. The van der Waals surface area contributed by atoms with Crippen LogP contribution >= 0.6 is 11.3 Å². The molecule has 26 heavy (non-hydrogen) atoms. The Bertz CT molecular complexity index is 806. The van der Waals surface area contributed by atoms with E-state index in [-0.39, 0.29) is 16.3 Å². The van der Waals surface area contributed by atoms with Gasteiger partial charge in [-0.25, -0.2) is 9.18 Å². The second-order valence-electron chi connectivity index (χ2n) is 5.31. The van der Waals surface area contributed by atoms with Gasteiger partial charge in [0, 0.05) is 0 Å². The Morgan fingerprint density at radius 2 is 1.77 bits per heavy atom. The molecule has 0 aliphatic heterocycles. The van der Waals surface area contributed by atoms with Crippen molar-refractivity contribution in [3.05, 3.63) is 47.1 Å². The summed E-state index contributed by atoms with van der Waals surface area (Å²) in [6.45, 7) is 2.83.